The first kappa shape index (κ1) is 13.5. The fourth-order valence-electron chi connectivity index (χ4n) is 1.47. The van der Waals surface area contributed by atoms with E-state index in [1.54, 1.807) is 24.3 Å². The summed E-state index contributed by atoms with van der Waals surface area (Å²) in [6.45, 7) is 2.84. The molecule has 0 aliphatic carbocycles. The molecule has 0 aliphatic rings. The van der Waals surface area contributed by atoms with E-state index >= 15 is 0 Å². The first-order valence-corrected chi connectivity index (χ1v) is 5.92. The summed E-state index contributed by atoms with van der Waals surface area (Å²) in [5.74, 6) is -0.406. The maximum absolute atomic E-state index is 10.6. The summed E-state index contributed by atoms with van der Waals surface area (Å²) in [5.41, 5.74) is 4.15. The van der Waals surface area contributed by atoms with Crippen molar-refractivity contribution in [3.63, 3.8) is 0 Å². The van der Waals surface area contributed by atoms with Crippen LogP contribution in [-0.2, 0) is 4.79 Å². The third kappa shape index (κ3) is 4.44. The topological polar surface area (TPSA) is 77.0 Å². The molecule has 0 fully saturated rings. The van der Waals surface area contributed by atoms with Crippen LogP contribution >= 0.6 is 0 Å². The molecule has 94 valence electrons. The van der Waals surface area contributed by atoms with E-state index in [4.69, 9.17) is 4.74 Å². The Bertz CT molecular complexity index is 348. The Morgan fingerprint density at radius 2 is 2.00 bits per heavy atom. The molecule has 0 amide bonds. The van der Waals surface area contributed by atoms with Gasteiger partial charge in [-0.25, -0.2) is 0 Å². The maximum atomic E-state index is 10.6. The number of benzene rings is 1. The van der Waals surface area contributed by atoms with E-state index < -0.39 is 12.0 Å². The molecule has 1 aromatic carbocycles. The molecule has 0 radical (unpaired) electrons. The number of carbonyl (C=O) groups is 1. The zero-order valence-electron chi connectivity index (χ0n) is 10.1. The second kappa shape index (κ2) is 6.91. The number of carbonyl (C=O) groups excluding carboxylic acids is 1. The van der Waals surface area contributed by atoms with E-state index in [1.165, 1.54) is 0 Å². The van der Waals surface area contributed by atoms with E-state index in [-0.39, 0.29) is 0 Å². The number of quaternary nitrogens is 1. The van der Waals surface area contributed by atoms with Gasteiger partial charge in [0.05, 0.1) is 6.61 Å². The quantitative estimate of drug-likeness (QED) is 0.692. The van der Waals surface area contributed by atoms with Crippen LogP contribution in [0.3, 0.4) is 0 Å². The SMILES string of the molecule is CCCCCOc1ccc([C@H]([NH3+])C(=O)[O-])cc1. The van der Waals surface area contributed by atoms with Crippen molar-refractivity contribution in [3.8, 4) is 5.75 Å². The lowest BCUT2D eigenvalue weighted by Crippen LogP contribution is -2.60. The Kier molecular flexibility index (Phi) is 5.49. The average molecular weight is 237 g/mol. The highest BCUT2D eigenvalue weighted by Gasteiger charge is 2.10. The zero-order chi connectivity index (χ0) is 12.7. The molecule has 0 saturated heterocycles. The van der Waals surface area contributed by atoms with E-state index in [1.807, 2.05) is 0 Å². The van der Waals surface area contributed by atoms with Gasteiger partial charge in [-0.1, -0.05) is 19.8 Å². The minimum atomic E-state index is -1.17. The fourth-order valence-corrected chi connectivity index (χ4v) is 1.47. The molecule has 1 atom stereocenters. The van der Waals surface area contributed by atoms with Crippen LogP contribution in [0.1, 0.15) is 37.8 Å². The third-order valence-electron chi connectivity index (χ3n) is 2.58. The second-order valence-corrected chi connectivity index (χ2v) is 4.00. The molecule has 0 aliphatic heterocycles. The highest BCUT2D eigenvalue weighted by molar-refractivity contribution is 5.71. The normalized spacial score (nSPS) is 12.1. The van der Waals surface area contributed by atoms with Crippen molar-refractivity contribution in [2.75, 3.05) is 6.61 Å². The van der Waals surface area contributed by atoms with Crippen LogP contribution in [0.25, 0.3) is 0 Å². The van der Waals surface area contributed by atoms with Gasteiger partial charge < -0.3 is 20.4 Å². The molecule has 0 bridgehead atoms. The van der Waals surface area contributed by atoms with Gasteiger partial charge in [0.1, 0.15) is 11.7 Å². The molecular formula is C13H19NO3. The van der Waals surface area contributed by atoms with Gasteiger partial charge in [-0.3, -0.25) is 0 Å². The molecule has 1 aromatic rings. The van der Waals surface area contributed by atoms with Crippen LogP contribution in [0.5, 0.6) is 5.75 Å². The Balaban J connectivity index is 2.47. The molecule has 0 aromatic heterocycles. The third-order valence-corrected chi connectivity index (χ3v) is 2.58. The molecule has 1 rings (SSSR count). The summed E-state index contributed by atoms with van der Waals surface area (Å²) in [7, 11) is 0. The van der Waals surface area contributed by atoms with Crippen molar-refractivity contribution in [3.05, 3.63) is 29.8 Å². The zero-order valence-corrected chi connectivity index (χ0v) is 10.1. The van der Waals surface area contributed by atoms with Crippen molar-refractivity contribution in [1.29, 1.82) is 0 Å². The standard InChI is InChI=1S/C13H19NO3/c1-2-3-4-9-17-11-7-5-10(6-8-11)12(14)13(15)16/h5-8,12H,2-4,9,14H2,1H3,(H,15,16)/t12-/m0/s1. The van der Waals surface area contributed by atoms with Crippen LogP contribution < -0.4 is 15.6 Å². The van der Waals surface area contributed by atoms with Crippen molar-refractivity contribution < 1.29 is 20.4 Å². The van der Waals surface area contributed by atoms with Gasteiger partial charge >= 0.3 is 0 Å². The Hall–Kier alpha value is -1.55. The molecule has 3 N–H and O–H groups in total. The summed E-state index contributed by atoms with van der Waals surface area (Å²) in [6, 6.07) is 6.12. The van der Waals surface area contributed by atoms with Gasteiger partial charge in [0.15, 0.2) is 6.04 Å². The van der Waals surface area contributed by atoms with Gasteiger partial charge in [0.2, 0.25) is 0 Å². The number of aliphatic carboxylic acids is 1. The second-order valence-electron chi connectivity index (χ2n) is 4.00. The van der Waals surface area contributed by atoms with Crippen LogP contribution in [-0.4, -0.2) is 12.6 Å². The molecule has 0 spiro atoms. The molecule has 4 nitrogen and oxygen atoms in total. The first-order chi connectivity index (χ1) is 8.15. The van der Waals surface area contributed by atoms with Crippen molar-refractivity contribution in [2.45, 2.75) is 32.2 Å². The van der Waals surface area contributed by atoms with Gasteiger partial charge in [0, 0.05) is 5.56 Å². The van der Waals surface area contributed by atoms with Gasteiger partial charge in [-0.2, -0.15) is 0 Å². The van der Waals surface area contributed by atoms with Gasteiger partial charge in [-0.15, -0.1) is 0 Å². The number of ether oxygens (including phenoxy) is 1. The van der Waals surface area contributed by atoms with Crippen molar-refractivity contribution >= 4 is 5.97 Å². The molecular weight excluding hydrogens is 218 g/mol. The number of unbranched alkanes of at least 4 members (excludes halogenated alkanes) is 2. The minimum absolute atomic E-state index is 0.630. The summed E-state index contributed by atoms with van der Waals surface area (Å²) in [4.78, 5) is 10.6. The van der Waals surface area contributed by atoms with Crippen molar-refractivity contribution in [2.24, 2.45) is 0 Å². The Labute approximate surface area is 101 Å². The largest absolute Gasteiger partial charge is 0.544 e. The number of carboxylic acid groups (broad SMARTS) is 1. The highest BCUT2D eigenvalue weighted by Crippen LogP contribution is 2.15. The van der Waals surface area contributed by atoms with Crippen LogP contribution in [0, 0.1) is 0 Å². The summed E-state index contributed by atoms with van der Waals surface area (Å²) < 4.78 is 5.52. The predicted molar refractivity (Wildman–Crippen MR) is 62.1 cm³/mol. The molecule has 4 heteroatoms. The monoisotopic (exact) mass is 237 g/mol. The average Bonchev–Trinajstić information content (AvgIpc) is 2.34. The van der Waals surface area contributed by atoms with Gasteiger partial charge in [0.25, 0.3) is 0 Å². The number of carboxylic acids is 1. The first-order valence-electron chi connectivity index (χ1n) is 5.92. The molecule has 0 saturated carbocycles. The number of hydrogen-bond donors (Lipinski definition) is 1. The van der Waals surface area contributed by atoms with E-state index in [9.17, 15) is 9.90 Å². The summed E-state index contributed by atoms with van der Waals surface area (Å²) >= 11 is 0. The molecule has 0 heterocycles. The lowest BCUT2D eigenvalue weighted by Gasteiger charge is -2.10. The highest BCUT2D eigenvalue weighted by atomic mass is 16.5. The summed E-state index contributed by atoms with van der Waals surface area (Å²) in [6.07, 6.45) is 3.36. The van der Waals surface area contributed by atoms with Crippen LogP contribution in [0.2, 0.25) is 0 Å². The van der Waals surface area contributed by atoms with E-state index in [2.05, 4.69) is 12.7 Å². The molecule has 17 heavy (non-hydrogen) atoms. The van der Waals surface area contributed by atoms with E-state index in [0.29, 0.717) is 12.2 Å². The number of hydrogen-bond acceptors (Lipinski definition) is 3. The van der Waals surface area contributed by atoms with E-state index in [0.717, 1.165) is 25.0 Å². The smallest absolute Gasteiger partial charge is 0.150 e. The molecule has 0 unspecified atom stereocenters. The maximum Gasteiger partial charge on any atom is 0.150 e. The van der Waals surface area contributed by atoms with Crippen LogP contribution in [0.15, 0.2) is 24.3 Å². The van der Waals surface area contributed by atoms with Crippen LogP contribution in [0.4, 0.5) is 0 Å². The van der Waals surface area contributed by atoms with Crippen molar-refractivity contribution in [1.82, 2.24) is 0 Å². The minimum Gasteiger partial charge on any atom is -0.544 e. The fraction of sp³-hybridized carbons (Fsp3) is 0.462. The lowest BCUT2D eigenvalue weighted by atomic mass is 10.1. The Morgan fingerprint density at radius 3 is 2.53 bits per heavy atom. The Morgan fingerprint density at radius 1 is 1.35 bits per heavy atom. The number of rotatable bonds is 7. The van der Waals surface area contributed by atoms with Gasteiger partial charge in [-0.05, 0) is 30.7 Å². The lowest BCUT2D eigenvalue weighted by molar-refractivity contribution is -0.443. The summed E-state index contributed by atoms with van der Waals surface area (Å²) in [5, 5.41) is 10.6. The predicted octanol–water partition coefficient (Wildman–Crippen LogP) is 0.289.